The SMILES string of the molecule is Cc1ncnc(N2CC(N(C)c3ncnc(C4CC4)c3F)C2)c1C. The maximum Gasteiger partial charge on any atom is 0.187 e. The first-order valence-electron chi connectivity index (χ1n) is 8.32. The Balaban J connectivity index is 1.49. The Morgan fingerprint density at radius 1 is 1.08 bits per heavy atom. The van der Waals surface area contributed by atoms with Gasteiger partial charge in [-0.25, -0.2) is 24.3 Å². The van der Waals surface area contributed by atoms with Crippen molar-refractivity contribution in [1.82, 2.24) is 19.9 Å². The van der Waals surface area contributed by atoms with Crippen LogP contribution in [-0.4, -0.2) is 46.1 Å². The van der Waals surface area contributed by atoms with E-state index in [1.165, 1.54) is 6.33 Å². The maximum absolute atomic E-state index is 14.7. The minimum Gasteiger partial charge on any atom is -0.352 e. The Bertz CT molecular complexity index is 770. The van der Waals surface area contributed by atoms with Crippen LogP contribution in [0.3, 0.4) is 0 Å². The van der Waals surface area contributed by atoms with E-state index in [1.54, 1.807) is 6.33 Å². The first-order chi connectivity index (χ1) is 11.6. The van der Waals surface area contributed by atoms with E-state index in [0.29, 0.717) is 11.5 Å². The summed E-state index contributed by atoms with van der Waals surface area (Å²) in [5, 5.41) is 0. The zero-order valence-electron chi connectivity index (χ0n) is 14.2. The molecule has 1 saturated carbocycles. The van der Waals surface area contributed by atoms with Crippen LogP contribution in [0.1, 0.15) is 35.7 Å². The van der Waals surface area contributed by atoms with E-state index in [-0.39, 0.29) is 17.8 Å². The summed E-state index contributed by atoms with van der Waals surface area (Å²) in [6, 6.07) is 0.219. The third-order valence-electron chi connectivity index (χ3n) is 5.12. The monoisotopic (exact) mass is 328 g/mol. The van der Waals surface area contributed by atoms with Gasteiger partial charge in [-0.05, 0) is 26.7 Å². The summed E-state index contributed by atoms with van der Waals surface area (Å²) in [5.74, 6) is 1.40. The molecule has 0 bridgehead atoms. The van der Waals surface area contributed by atoms with Crippen LogP contribution in [0.25, 0.3) is 0 Å². The van der Waals surface area contributed by atoms with Gasteiger partial charge in [0.25, 0.3) is 0 Å². The van der Waals surface area contributed by atoms with E-state index in [0.717, 1.165) is 43.0 Å². The Labute approximate surface area is 140 Å². The first-order valence-corrected chi connectivity index (χ1v) is 8.32. The number of anilines is 2. The molecule has 2 aromatic rings. The van der Waals surface area contributed by atoms with Gasteiger partial charge < -0.3 is 9.80 Å². The van der Waals surface area contributed by atoms with Crippen LogP contribution in [-0.2, 0) is 0 Å². The van der Waals surface area contributed by atoms with Gasteiger partial charge in [-0.2, -0.15) is 0 Å². The molecule has 0 atom stereocenters. The van der Waals surface area contributed by atoms with Crippen LogP contribution in [0.4, 0.5) is 16.0 Å². The van der Waals surface area contributed by atoms with Gasteiger partial charge in [0, 0.05) is 37.3 Å². The number of aryl methyl sites for hydroxylation is 1. The van der Waals surface area contributed by atoms with Gasteiger partial charge in [0.2, 0.25) is 0 Å². The minimum atomic E-state index is -0.255. The van der Waals surface area contributed by atoms with E-state index in [2.05, 4.69) is 24.8 Å². The van der Waals surface area contributed by atoms with E-state index in [1.807, 2.05) is 25.8 Å². The number of aromatic nitrogens is 4. The molecule has 24 heavy (non-hydrogen) atoms. The molecule has 0 spiro atoms. The second kappa shape index (κ2) is 5.65. The summed E-state index contributed by atoms with van der Waals surface area (Å²) in [5.41, 5.74) is 2.67. The van der Waals surface area contributed by atoms with Crippen molar-refractivity contribution in [3.8, 4) is 0 Å². The third-order valence-corrected chi connectivity index (χ3v) is 5.12. The molecule has 0 aromatic carbocycles. The van der Waals surface area contributed by atoms with Crippen molar-refractivity contribution in [1.29, 1.82) is 0 Å². The van der Waals surface area contributed by atoms with Crippen molar-refractivity contribution in [2.24, 2.45) is 0 Å². The zero-order chi connectivity index (χ0) is 16.8. The van der Waals surface area contributed by atoms with E-state index >= 15 is 0 Å². The molecule has 6 nitrogen and oxygen atoms in total. The Morgan fingerprint density at radius 3 is 2.50 bits per heavy atom. The number of rotatable bonds is 4. The largest absolute Gasteiger partial charge is 0.352 e. The van der Waals surface area contributed by atoms with Gasteiger partial charge in [-0.1, -0.05) is 0 Å². The molecular weight excluding hydrogens is 307 g/mol. The number of hydrogen-bond acceptors (Lipinski definition) is 6. The average molecular weight is 328 g/mol. The predicted octanol–water partition coefficient (Wildman–Crippen LogP) is 2.22. The van der Waals surface area contributed by atoms with Crippen LogP contribution >= 0.6 is 0 Å². The van der Waals surface area contributed by atoms with E-state index in [4.69, 9.17) is 0 Å². The average Bonchev–Trinajstić information content (AvgIpc) is 3.35. The lowest BCUT2D eigenvalue weighted by molar-refractivity contribution is 0.477. The molecule has 2 aliphatic rings. The topological polar surface area (TPSA) is 58.0 Å². The van der Waals surface area contributed by atoms with Gasteiger partial charge in [-0.15, -0.1) is 0 Å². The molecule has 2 aromatic heterocycles. The highest BCUT2D eigenvalue weighted by molar-refractivity contribution is 5.53. The molecule has 1 aliphatic carbocycles. The van der Waals surface area contributed by atoms with Gasteiger partial charge in [0.05, 0.1) is 11.7 Å². The quantitative estimate of drug-likeness (QED) is 0.858. The standard InChI is InChI=1S/C17H21FN6/c1-10-11(2)19-8-21-16(10)24-6-13(7-24)23(3)17-14(18)15(12-4-5-12)20-9-22-17/h8-9,12-13H,4-7H2,1-3H3. The molecular formula is C17H21FN6. The summed E-state index contributed by atoms with van der Waals surface area (Å²) in [6.45, 7) is 5.62. The fourth-order valence-electron chi connectivity index (χ4n) is 3.15. The van der Waals surface area contributed by atoms with Crippen LogP contribution in [0.5, 0.6) is 0 Å². The highest BCUT2D eigenvalue weighted by Crippen LogP contribution is 2.41. The van der Waals surface area contributed by atoms with E-state index in [9.17, 15) is 4.39 Å². The molecule has 1 aliphatic heterocycles. The molecule has 7 heteroatoms. The predicted molar refractivity (Wildman–Crippen MR) is 89.9 cm³/mol. The molecule has 0 N–H and O–H groups in total. The zero-order valence-corrected chi connectivity index (χ0v) is 14.2. The van der Waals surface area contributed by atoms with Gasteiger partial charge in [0.1, 0.15) is 18.5 Å². The molecule has 0 radical (unpaired) electrons. The van der Waals surface area contributed by atoms with Crippen LogP contribution in [0.2, 0.25) is 0 Å². The first kappa shape index (κ1) is 15.2. The second-order valence-corrected chi connectivity index (χ2v) is 6.75. The summed E-state index contributed by atoms with van der Waals surface area (Å²) in [7, 11) is 1.90. The normalized spacial score (nSPS) is 17.8. The van der Waals surface area contributed by atoms with Crippen molar-refractivity contribution < 1.29 is 4.39 Å². The molecule has 3 heterocycles. The molecule has 4 rings (SSSR count). The number of likely N-dealkylation sites (N-methyl/N-ethyl adjacent to an activating group) is 1. The van der Waals surface area contributed by atoms with Crippen molar-refractivity contribution in [3.05, 3.63) is 35.4 Å². The van der Waals surface area contributed by atoms with Gasteiger partial charge in [0.15, 0.2) is 11.6 Å². The van der Waals surface area contributed by atoms with Crippen LogP contribution < -0.4 is 9.80 Å². The summed E-state index contributed by atoms with van der Waals surface area (Å²) >= 11 is 0. The number of hydrogen-bond donors (Lipinski definition) is 0. The Kier molecular flexibility index (Phi) is 3.58. The molecule has 1 saturated heterocycles. The highest BCUT2D eigenvalue weighted by atomic mass is 19.1. The molecule has 0 amide bonds. The Hall–Kier alpha value is -2.31. The fourth-order valence-corrected chi connectivity index (χ4v) is 3.15. The van der Waals surface area contributed by atoms with Crippen molar-refractivity contribution in [2.75, 3.05) is 29.9 Å². The maximum atomic E-state index is 14.7. The lowest BCUT2D eigenvalue weighted by atomic mass is 10.1. The van der Waals surface area contributed by atoms with Gasteiger partial charge in [-0.3, -0.25) is 0 Å². The number of nitrogens with zero attached hydrogens (tertiary/aromatic N) is 6. The lowest BCUT2D eigenvalue weighted by Crippen LogP contribution is -2.59. The fraction of sp³-hybridized carbons (Fsp3) is 0.529. The summed E-state index contributed by atoms with van der Waals surface area (Å²) < 4.78 is 14.7. The molecule has 2 fully saturated rings. The van der Waals surface area contributed by atoms with Crippen molar-refractivity contribution >= 4 is 11.6 Å². The lowest BCUT2D eigenvalue weighted by Gasteiger charge is -2.45. The minimum absolute atomic E-state index is 0.219. The van der Waals surface area contributed by atoms with E-state index < -0.39 is 0 Å². The summed E-state index contributed by atoms with van der Waals surface area (Å²) in [4.78, 5) is 21.0. The van der Waals surface area contributed by atoms with Crippen molar-refractivity contribution in [3.63, 3.8) is 0 Å². The van der Waals surface area contributed by atoms with Crippen LogP contribution in [0, 0.1) is 19.7 Å². The highest BCUT2D eigenvalue weighted by Gasteiger charge is 2.36. The third kappa shape index (κ3) is 2.48. The molecule has 0 unspecified atom stereocenters. The van der Waals surface area contributed by atoms with Gasteiger partial charge >= 0.3 is 0 Å². The number of halogens is 1. The smallest absolute Gasteiger partial charge is 0.187 e. The van der Waals surface area contributed by atoms with Crippen molar-refractivity contribution in [2.45, 2.75) is 38.6 Å². The Morgan fingerprint density at radius 2 is 1.79 bits per heavy atom. The molecule has 126 valence electrons. The second-order valence-electron chi connectivity index (χ2n) is 6.75. The van der Waals surface area contributed by atoms with Crippen LogP contribution in [0.15, 0.2) is 12.7 Å². The summed E-state index contributed by atoms with van der Waals surface area (Å²) in [6.07, 6.45) is 5.14.